The van der Waals surface area contributed by atoms with E-state index in [1.54, 1.807) is 18.3 Å². The molecule has 0 atom stereocenters. The number of aromatic nitrogens is 2. The number of hydrogen-bond donors (Lipinski definition) is 1. The molecule has 4 aromatic rings. The normalized spacial score (nSPS) is 14.3. The molecular weight excluding hydrogens is 389 g/mol. The minimum atomic E-state index is -0.242. The molecule has 4 nitrogen and oxygen atoms in total. The van der Waals surface area contributed by atoms with Crippen molar-refractivity contribution in [1.29, 1.82) is 0 Å². The highest BCUT2D eigenvalue weighted by molar-refractivity contribution is 6.31. The molecule has 1 aliphatic heterocycles. The Balaban J connectivity index is 1.48. The molecule has 2 aromatic heterocycles. The highest BCUT2D eigenvalue weighted by atomic mass is 35.5. The highest BCUT2D eigenvalue weighted by Gasteiger charge is 2.20. The van der Waals surface area contributed by atoms with Crippen molar-refractivity contribution in [3.63, 3.8) is 0 Å². The molecule has 0 aliphatic carbocycles. The quantitative estimate of drug-likeness (QED) is 0.536. The summed E-state index contributed by atoms with van der Waals surface area (Å²) in [6.07, 6.45) is 4.50. The smallest absolute Gasteiger partial charge is 0.248 e. The van der Waals surface area contributed by atoms with Gasteiger partial charge in [0.05, 0.1) is 5.52 Å². The first-order valence-corrected chi connectivity index (χ1v) is 9.93. The lowest BCUT2D eigenvalue weighted by Crippen LogP contribution is -2.30. The van der Waals surface area contributed by atoms with Gasteiger partial charge < -0.3 is 9.55 Å². The number of nitrogens with one attached hydrogen (secondary N) is 1. The first kappa shape index (κ1) is 18.2. The van der Waals surface area contributed by atoms with Gasteiger partial charge in [-0.05, 0) is 65.6 Å². The fourth-order valence-corrected chi connectivity index (χ4v) is 4.47. The SMILES string of the molecule is O=c1cc(CN2CCc3c(Cl)cc(-n4ccc5cc(F)ccc54)cc3C2)cc[nH]1. The number of rotatable bonds is 3. The molecule has 0 amide bonds. The van der Waals surface area contributed by atoms with Gasteiger partial charge in [0.25, 0.3) is 0 Å². The van der Waals surface area contributed by atoms with E-state index in [4.69, 9.17) is 11.6 Å². The van der Waals surface area contributed by atoms with Crippen molar-refractivity contribution < 1.29 is 4.39 Å². The summed E-state index contributed by atoms with van der Waals surface area (Å²) >= 11 is 6.63. The van der Waals surface area contributed by atoms with E-state index in [2.05, 4.69) is 16.0 Å². The Kier molecular flexibility index (Phi) is 4.49. The zero-order chi connectivity index (χ0) is 20.0. The largest absolute Gasteiger partial charge is 0.329 e. The number of benzene rings is 2. The second-order valence-corrected chi connectivity index (χ2v) is 7.88. The Hall–Kier alpha value is -2.89. The molecule has 0 bridgehead atoms. The van der Waals surface area contributed by atoms with Crippen molar-refractivity contribution in [1.82, 2.24) is 14.5 Å². The maximum Gasteiger partial charge on any atom is 0.248 e. The fraction of sp³-hybridized carbons (Fsp3) is 0.174. The highest BCUT2D eigenvalue weighted by Crippen LogP contribution is 2.31. The summed E-state index contributed by atoms with van der Waals surface area (Å²) in [7, 11) is 0. The van der Waals surface area contributed by atoms with Crippen LogP contribution in [0.4, 0.5) is 4.39 Å². The van der Waals surface area contributed by atoms with Crippen molar-refractivity contribution >= 4 is 22.5 Å². The van der Waals surface area contributed by atoms with E-state index in [1.807, 2.05) is 29.0 Å². The lowest BCUT2D eigenvalue weighted by molar-refractivity contribution is 0.245. The molecule has 0 spiro atoms. The maximum atomic E-state index is 13.5. The second kappa shape index (κ2) is 7.17. The first-order chi connectivity index (χ1) is 14.1. The summed E-state index contributed by atoms with van der Waals surface area (Å²) in [6.45, 7) is 2.38. The zero-order valence-electron chi connectivity index (χ0n) is 15.7. The molecule has 0 radical (unpaired) electrons. The number of nitrogens with zero attached hydrogens (tertiary/aromatic N) is 2. The van der Waals surface area contributed by atoms with E-state index in [0.29, 0.717) is 0 Å². The summed E-state index contributed by atoms with van der Waals surface area (Å²) in [6, 6.07) is 14.4. The van der Waals surface area contributed by atoms with Crippen LogP contribution in [0.5, 0.6) is 0 Å². The third kappa shape index (κ3) is 3.48. The average molecular weight is 408 g/mol. The molecule has 3 heterocycles. The monoisotopic (exact) mass is 407 g/mol. The Morgan fingerprint density at radius 2 is 2.00 bits per heavy atom. The minimum absolute atomic E-state index is 0.0823. The summed E-state index contributed by atoms with van der Waals surface area (Å²) in [5.74, 6) is -0.242. The van der Waals surface area contributed by atoms with Crippen LogP contribution in [0.15, 0.2) is 65.7 Å². The standard InChI is InChI=1S/C23H19ClFN3O/c24-21-12-19(28-8-4-16-10-18(25)1-2-22(16)28)11-17-14-27(7-5-20(17)21)13-15-3-6-26-23(29)9-15/h1-4,6,8-12H,5,7,13-14H2,(H,26,29). The number of fused-ring (bicyclic) bond motifs is 2. The van der Waals surface area contributed by atoms with Gasteiger partial charge >= 0.3 is 0 Å². The number of aromatic amines is 1. The molecule has 1 N–H and O–H groups in total. The summed E-state index contributed by atoms with van der Waals surface area (Å²) < 4.78 is 15.6. The third-order valence-electron chi connectivity index (χ3n) is 5.52. The molecule has 0 saturated heterocycles. The lowest BCUT2D eigenvalue weighted by atomic mass is 9.98. The van der Waals surface area contributed by atoms with Crippen molar-refractivity contribution in [2.45, 2.75) is 19.5 Å². The molecule has 0 unspecified atom stereocenters. The van der Waals surface area contributed by atoms with Gasteiger partial charge in [-0.25, -0.2) is 4.39 Å². The van der Waals surface area contributed by atoms with E-state index in [1.165, 1.54) is 23.3 Å². The van der Waals surface area contributed by atoms with Gasteiger partial charge in [0.1, 0.15) is 5.82 Å². The fourth-order valence-electron chi connectivity index (χ4n) is 4.15. The van der Waals surface area contributed by atoms with Crippen LogP contribution in [0.25, 0.3) is 16.6 Å². The van der Waals surface area contributed by atoms with E-state index in [-0.39, 0.29) is 11.4 Å². The van der Waals surface area contributed by atoms with Crippen LogP contribution >= 0.6 is 11.6 Å². The Morgan fingerprint density at radius 3 is 2.86 bits per heavy atom. The molecule has 6 heteroatoms. The second-order valence-electron chi connectivity index (χ2n) is 7.48. The van der Waals surface area contributed by atoms with Gasteiger partial charge in [-0.3, -0.25) is 9.69 Å². The van der Waals surface area contributed by atoms with E-state index < -0.39 is 0 Å². The van der Waals surface area contributed by atoms with Crippen LogP contribution in [0.3, 0.4) is 0 Å². The van der Waals surface area contributed by atoms with Crippen LogP contribution in [-0.2, 0) is 19.5 Å². The number of H-pyrrole nitrogens is 1. The zero-order valence-corrected chi connectivity index (χ0v) is 16.4. The molecule has 1 aliphatic rings. The van der Waals surface area contributed by atoms with Gasteiger partial charge in [0.2, 0.25) is 5.56 Å². The molecule has 2 aromatic carbocycles. The third-order valence-corrected chi connectivity index (χ3v) is 5.86. The van der Waals surface area contributed by atoms with E-state index >= 15 is 0 Å². The number of halogens is 2. The van der Waals surface area contributed by atoms with Gasteiger partial charge in [-0.15, -0.1) is 0 Å². The average Bonchev–Trinajstić information content (AvgIpc) is 3.10. The van der Waals surface area contributed by atoms with Gasteiger partial charge in [-0.2, -0.15) is 0 Å². The van der Waals surface area contributed by atoms with E-state index in [9.17, 15) is 9.18 Å². The van der Waals surface area contributed by atoms with Crippen molar-refractivity contribution in [3.8, 4) is 5.69 Å². The predicted molar refractivity (Wildman–Crippen MR) is 113 cm³/mol. The van der Waals surface area contributed by atoms with Crippen LogP contribution in [0, 0.1) is 5.82 Å². The minimum Gasteiger partial charge on any atom is -0.329 e. The van der Waals surface area contributed by atoms with Gasteiger partial charge in [0, 0.05) is 54.2 Å². The van der Waals surface area contributed by atoms with Crippen LogP contribution in [0.2, 0.25) is 5.02 Å². The Morgan fingerprint density at radius 1 is 1.10 bits per heavy atom. The number of pyridine rings is 1. The summed E-state index contributed by atoms with van der Waals surface area (Å²) in [5.41, 5.74) is 5.19. The topological polar surface area (TPSA) is 41.0 Å². The molecule has 5 rings (SSSR count). The maximum absolute atomic E-state index is 13.5. The summed E-state index contributed by atoms with van der Waals surface area (Å²) in [5, 5.41) is 1.62. The lowest BCUT2D eigenvalue weighted by Gasteiger charge is -2.30. The van der Waals surface area contributed by atoms with Crippen LogP contribution in [0.1, 0.15) is 16.7 Å². The van der Waals surface area contributed by atoms with Gasteiger partial charge in [-0.1, -0.05) is 11.6 Å². The molecule has 0 saturated carbocycles. The molecule has 0 fully saturated rings. The van der Waals surface area contributed by atoms with Gasteiger partial charge in [0.15, 0.2) is 0 Å². The summed E-state index contributed by atoms with van der Waals surface area (Å²) in [4.78, 5) is 16.5. The van der Waals surface area contributed by atoms with Crippen LogP contribution < -0.4 is 5.56 Å². The molecule has 146 valence electrons. The molecule has 29 heavy (non-hydrogen) atoms. The molecular formula is C23H19ClFN3O. The Labute approximate surface area is 172 Å². The van der Waals surface area contributed by atoms with Crippen molar-refractivity contribution in [2.75, 3.05) is 6.54 Å². The van der Waals surface area contributed by atoms with E-state index in [0.717, 1.165) is 53.2 Å². The first-order valence-electron chi connectivity index (χ1n) is 9.55. The Bertz CT molecular complexity index is 1280. The van der Waals surface area contributed by atoms with Crippen molar-refractivity contribution in [3.05, 3.63) is 98.8 Å². The number of hydrogen-bond acceptors (Lipinski definition) is 2. The van der Waals surface area contributed by atoms with Crippen LogP contribution in [-0.4, -0.2) is 21.0 Å². The predicted octanol–water partition coefficient (Wildman–Crippen LogP) is 4.67. The van der Waals surface area contributed by atoms with Crippen molar-refractivity contribution in [2.24, 2.45) is 0 Å².